The molecule has 0 fully saturated rings. The van der Waals surface area contributed by atoms with Crippen molar-refractivity contribution in [2.75, 3.05) is 33.0 Å². The van der Waals surface area contributed by atoms with Crippen LogP contribution in [0.2, 0.25) is 0 Å². The number of benzene rings is 1. The van der Waals surface area contributed by atoms with Gasteiger partial charge in [-0.3, -0.25) is 4.79 Å². The minimum absolute atomic E-state index is 0.0455. The van der Waals surface area contributed by atoms with Crippen molar-refractivity contribution in [2.24, 2.45) is 0 Å². The molecule has 0 saturated heterocycles. The van der Waals surface area contributed by atoms with Crippen LogP contribution in [0.4, 0.5) is 4.39 Å². The van der Waals surface area contributed by atoms with Crippen molar-refractivity contribution < 1.29 is 23.8 Å². The summed E-state index contributed by atoms with van der Waals surface area (Å²) in [5.74, 6) is -0.813. The number of aliphatic hydroxyl groups is 1. The van der Waals surface area contributed by atoms with Crippen molar-refractivity contribution in [1.29, 1.82) is 0 Å². The molecule has 0 radical (unpaired) electrons. The van der Waals surface area contributed by atoms with Crippen LogP contribution in [0.5, 0.6) is 5.75 Å². The van der Waals surface area contributed by atoms with Gasteiger partial charge in [0.2, 0.25) is 0 Å². The van der Waals surface area contributed by atoms with Gasteiger partial charge >= 0.3 is 0 Å². The van der Waals surface area contributed by atoms with Gasteiger partial charge in [0.05, 0.1) is 19.8 Å². The molecule has 18 heavy (non-hydrogen) atoms. The lowest BCUT2D eigenvalue weighted by atomic mass is 10.3. The van der Waals surface area contributed by atoms with Gasteiger partial charge in [-0.2, -0.15) is 0 Å². The molecule has 0 atom stereocenters. The highest BCUT2D eigenvalue weighted by Gasteiger charge is 2.05. The number of amides is 1. The van der Waals surface area contributed by atoms with Crippen LogP contribution in [0.1, 0.15) is 0 Å². The van der Waals surface area contributed by atoms with Gasteiger partial charge < -0.3 is 19.9 Å². The largest absolute Gasteiger partial charge is 0.481 e. The second-order valence-electron chi connectivity index (χ2n) is 3.41. The van der Waals surface area contributed by atoms with E-state index in [9.17, 15) is 9.18 Å². The summed E-state index contributed by atoms with van der Waals surface area (Å²) in [4.78, 5) is 11.3. The van der Waals surface area contributed by atoms with Crippen molar-refractivity contribution in [2.45, 2.75) is 0 Å². The van der Waals surface area contributed by atoms with Gasteiger partial charge in [-0.1, -0.05) is 12.1 Å². The Kier molecular flexibility index (Phi) is 6.75. The molecule has 0 saturated carbocycles. The zero-order chi connectivity index (χ0) is 13.2. The zero-order valence-electron chi connectivity index (χ0n) is 9.89. The molecular weight excluding hydrogens is 241 g/mol. The van der Waals surface area contributed by atoms with E-state index in [1.54, 1.807) is 12.1 Å². The molecule has 6 heteroatoms. The summed E-state index contributed by atoms with van der Waals surface area (Å²) in [6.45, 7) is 0.568. The number of ether oxygens (including phenoxy) is 2. The highest BCUT2D eigenvalue weighted by molar-refractivity contribution is 5.77. The van der Waals surface area contributed by atoms with E-state index < -0.39 is 5.82 Å². The maximum atomic E-state index is 13.1. The van der Waals surface area contributed by atoms with Crippen LogP contribution >= 0.6 is 0 Å². The number of aliphatic hydroxyl groups excluding tert-OH is 1. The van der Waals surface area contributed by atoms with Gasteiger partial charge in [0.25, 0.3) is 5.91 Å². The number of carbonyl (C=O) groups excluding carboxylic acids is 1. The molecule has 100 valence electrons. The number of para-hydroxylation sites is 1. The molecule has 5 nitrogen and oxygen atoms in total. The summed E-state index contributed by atoms with van der Waals surface area (Å²) in [6.07, 6.45) is 0. The molecule has 0 heterocycles. The Hall–Kier alpha value is -1.66. The highest BCUT2D eigenvalue weighted by Crippen LogP contribution is 2.14. The van der Waals surface area contributed by atoms with Crippen LogP contribution in [0.15, 0.2) is 24.3 Å². The Morgan fingerprint density at radius 1 is 1.33 bits per heavy atom. The third kappa shape index (κ3) is 5.60. The van der Waals surface area contributed by atoms with Gasteiger partial charge in [-0.25, -0.2) is 4.39 Å². The molecule has 1 rings (SSSR count). The topological polar surface area (TPSA) is 67.8 Å². The SMILES string of the molecule is O=C(COc1ccccc1F)NCCOCCO. The molecule has 0 aliphatic carbocycles. The maximum absolute atomic E-state index is 13.1. The molecule has 1 aromatic rings. The first-order valence-corrected chi connectivity index (χ1v) is 5.56. The quantitative estimate of drug-likeness (QED) is 0.659. The van der Waals surface area contributed by atoms with Crippen molar-refractivity contribution in [1.82, 2.24) is 5.32 Å². The third-order valence-electron chi connectivity index (χ3n) is 2.00. The van der Waals surface area contributed by atoms with Gasteiger partial charge in [-0.15, -0.1) is 0 Å². The van der Waals surface area contributed by atoms with Crippen LogP contribution in [0.3, 0.4) is 0 Å². The molecule has 0 spiro atoms. The molecule has 0 aliphatic rings. The average Bonchev–Trinajstić information content (AvgIpc) is 2.37. The van der Waals surface area contributed by atoms with Crippen molar-refractivity contribution in [3.63, 3.8) is 0 Å². The van der Waals surface area contributed by atoms with Crippen molar-refractivity contribution >= 4 is 5.91 Å². The maximum Gasteiger partial charge on any atom is 0.258 e. The third-order valence-corrected chi connectivity index (χ3v) is 2.00. The molecule has 2 N–H and O–H groups in total. The number of rotatable bonds is 8. The van der Waals surface area contributed by atoms with E-state index in [0.717, 1.165) is 0 Å². The first kappa shape index (κ1) is 14.4. The number of carbonyl (C=O) groups is 1. The summed E-state index contributed by atoms with van der Waals surface area (Å²) in [7, 11) is 0. The van der Waals surface area contributed by atoms with Gasteiger partial charge in [0.1, 0.15) is 0 Å². The fraction of sp³-hybridized carbons (Fsp3) is 0.417. The molecule has 0 bridgehead atoms. The van der Waals surface area contributed by atoms with E-state index in [-0.39, 0.29) is 31.5 Å². The minimum atomic E-state index is -0.503. The summed E-state index contributed by atoms with van der Waals surface area (Å²) in [5, 5.41) is 11.0. The van der Waals surface area contributed by atoms with Crippen LogP contribution in [-0.2, 0) is 9.53 Å². The predicted octanol–water partition coefficient (Wildman–Crippen LogP) is 0.330. The number of nitrogens with one attached hydrogen (secondary N) is 1. The van der Waals surface area contributed by atoms with Crippen LogP contribution < -0.4 is 10.1 Å². The van der Waals surface area contributed by atoms with Gasteiger partial charge in [-0.05, 0) is 12.1 Å². The Bertz CT molecular complexity index is 373. The number of hydrogen-bond acceptors (Lipinski definition) is 4. The summed E-state index contributed by atoms with van der Waals surface area (Å²) in [6, 6.07) is 5.88. The smallest absolute Gasteiger partial charge is 0.258 e. The Labute approximate surface area is 105 Å². The van der Waals surface area contributed by atoms with Gasteiger partial charge in [0.15, 0.2) is 18.2 Å². The summed E-state index contributed by atoms with van der Waals surface area (Å²) < 4.78 is 23.1. The fourth-order valence-electron chi connectivity index (χ4n) is 1.19. The fourth-order valence-corrected chi connectivity index (χ4v) is 1.19. The minimum Gasteiger partial charge on any atom is -0.481 e. The van der Waals surface area contributed by atoms with E-state index in [2.05, 4.69) is 5.32 Å². The molecular formula is C12H16FNO4. The second kappa shape index (κ2) is 8.43. The normalized spacial score (nSPS) is 10.1. The van der Waals surface area contributed by atoms with Crippen molar-refractivity contribution in [3.8, 4) is 5.75 Å². The lowest BCUT2D eigenvalue weighted by molar-refractivity contribution is -0.123. The standard InChI is InChI=1S/C12H16FNO4/c13-10-3-1-2-4-11(10)18-9-12(16)14-5-7-17-8-6-15/h1-4,15H,5-9H2,(H,14,16). The van der Waals surface area contributed by atoms with Crippen LogP contribution in [0, 0.1) is 5.82 Å². The second-order valence-corrected chi connectivity index (χ2v) is 3.41. The van der Waals surface area contributed by atoms with E-state index in [1.165, 1.54) is 12.1 Å². The molecule has 0 aliphatic heterocycles. The highest BCUT2D eigenvalue weighted by atomic mass is 19.1. The summed E-state index contributed by atoms with van der Waals surface area (Å²) >= 11 is 0. The average molecular weight is 257 g/mol. The van der Waals surface area contributed by atoms with E-state index >= 15 is 0 Å². The zero-order valence-corrected chi connectivity index (χ0v) is 9.89. The number of halogens is 1. The first-order valence-electron chi connectivity index (χ1n) is 5.56. The number of hydrogen-bond donors (Lipinski definition) is 2. The summed E-state index contributed by atoms with van der Waals surface area (Å²) in [5.41, 5.74) is 0. The predicted molar refractivity (Wildman–Crippen MR) is 62.8 cm³/mol. The Morgan fingerprint density at radius 2 is 2.11 bits per heavy atom. The lowest BCUT2D eigenvalue weighted by Crippen LogP contribution is -2.32. The van der Waals surface area contributed by atoms with E-state index in [1.807, 2.05) is 0 Å². The van der Waals surface area contributed by atoms with E-state index in [0.29, 0.717) is 13.2 Å². The van der Waals surface area contributed by atoms with E-state index in [4.69, 9.17) is 14.6 Å². The monoisotopic (exact) mass is 257 g/mol. The Balaban J connectivity index is 2.15. The van der Waals surface area contributed by atoms with Crippen LogP contribution in [-0.4, -0.2) is 44.0 Å². The molecule has 1 aromatic carbocycles. The molecule has 1 amide bonds. The molecule has 0 aromatic heterocycles. The first-order chi connectivity index (χ1) is 8.74. The lowest BCUT2D eigenvalue weighted by Gasteiger charge is -2.08. The van der Waals surface area contributed by atoms with Crippen molar-refractivity contribution in [3.05, 3.63) is 30.1 Å². The molecule has 0 unspecified atom stereocenters. The Morgan fingerprint density at radius 3 is 2.83 bits per heavy atom. The van der Waals surface area contributed by atoms with Gasteiger partial charge in [0, 0.05) is 6.54 Å². The van der Waals surface area contributed by atoms with Crippen LogP contribution in [0.25, 0.3) is 0 Å².